The van der Waals surface area contributed by atoms with Crippen molar-refractivity contribution in [2.75, 3.05) is 7.11 Å². The second-order valence-electron chi connectivity index (χ2n) is 5.76. The number of carbonyl (C=O) groups is 1. The number of aldehydes is 1. The lowest BCUT2D eigenvalue weighted by molar-refractivity contribution is -0.104. The predicted molar refractivity (Wildman–Crippen MR) is 92.3 cm³/mol. The van der Waals surface area contributed by atoms with E-state index in [-0.39, 0.29) is 11.7 Å². The summed E-state index contributed by atoms with van der Waals surface area (Å²) in [7, 11) is 1.62. The quantitative estimate of drug-likeness (QED) is 0.564. The number of halogens is 1. The standard InChI is InChI=1S/C20H21FO2/c1-13(2)18-12-14(3)20(23-4)19(17(18)6-5-11-22)15-7-9-16(21)10-8-15/h5-13H,1-4H3. The molecule has 0 N–H and O–H groups in total. The third-order valence-corrected chi connectivity index (χ3v) is 3.84. The molecule has 0 aliphatic heterocycles. The molecule has 0 bridgehead atoms. The minimum Gasteiger partial charge on any atom is -0.496 e. The van der Waals surface area contributed by atoms with Crippen molar-refractivity contribution in [3.63, 3.8) is 0 Å². The first kappa shape index (κ1) is 16.9. The monoisotopic (exact) mass is 312 g/mol. The Morgan fingerprint density at radius 1 is 1.17 bits per heavy atom. The molecule has 0 aliphatic carbocycles. The Balaban J connectivity index is 2.85. The summed E-state index contributed by atoms with van der Waals surface area (Å²) in [6, 6.07) is 8.41. The lowest BCUT2D eigenvalue weighted by Crippen LogP contribution is -2.01. The normalized spacial score (nSPS) is 11.2. The SMILES string of the molecule is COc1c(C)cc(C(C)C)c(C=CC=O)c1-c1ccc(F)cc1. The zero-order chi connectivity index (χ0) is 17.0. The number of carbonyl (C=O) groups excluding carboxylic acids is 1. The average molecular weight is 312 g/mol. The van der Waals surface area contributed by atoms with Crippen LogP contribution in [0.4, 0.5) is 4.39 Å². The van der Waals surface area contributed by atoms with Gasteiger partial charge >= 0.3 is 0 Å². The minimum atomic E-state index is -0.283. The molecule has 2 nitrogen and oxygen atoms in total. The summed E-state index contributed by atoms with van der Waals surface area (Å²) < 4.78 is 18.9. The van der Waals surface area contributed by atoms with Gasteiger partial charge in [0, 0.05) is 5.56 Å². The van der Waals surface area contributed by atoms with Crippen LogP contribution < -0.4 is 4.74 Å². The van der Waals surface area contributed by atoms with Gasteiger partial charge in [-0.3, -0.25) is 4.79 Å². The van der Waals surface area contributed by atoms with Crippen LogP contribution in [0, 0.1) is 12.7 Å². The van der Waals surface area contributed by atoms with E-state index in [1.165, 1.54) is 18.2 Å². The van der Waals surface area contributed by atoms with E-state index in [0.29, 0.717) is 0 Å². The second-order valence-corrected chi connectivity index (χ2v) is 5.76. The van der Waals surface area contributed by atoms with Crippen LogP contribution in [0.25, 0.3) is 17.2 Å². The highest BCUT2D eigenvalue weighted by Crippen LogP contribution is 2.41. The van der Waals surface area contributed by atoms with Crippen LogP contribution in [0.1, 0.15) is 36.5 Å². The highest BCUT2D eigenvalue weighted by Gasteiger charge is 2.18. The molecule has 0 saturated heterocycles. The highest BCUT2D eigenvalue weighted by molar-refractivity contribution is 5.86. The smallest absolute Gasteiger partial charge is 0.142 e. The zero-order valence-corrected chi connectivity index (χ0v) is 13.9. The van der Waals surface area contributed by atoms with Gasteiger partial charge in [0.25, 0.3) is 0 Å². The van der Waals surface area contributed by atoms with Crippen molar-refractivity contribution >= 4 is 12.4 Å². The number of methoxy groups -OCH3 is 1. The Morgan fingerprint density at radius 3 is 2.35 bits per heavy atom. The highest BCUT2D eigenvalue weighted by atomic mass is 19.1. The second kappa shape index (κ2) is 7.23. The van der Waals surface area contributed by atoms with Crippen LogP contribution in [0.15, 0.2) is 36.4 Å². The predicted octanol–water partition coefficient (Wildman–Crippen LogP) is 5.15. The van der Waals surface area contributed by atoms with E-state index in [9.17, 15) is 9.18 Å². The molecule has 23 heavy (non-hydrogen) atoms. The van der Waals surface area contributed by atoms with Gasteiger partial charge in [0.05, 0.1) is 7.11 Å². The summed E-state index contributed by atoms with van der Waals surface area (Å²) in [5, 5.41) is 0. The molecule has 0 unspecified atom stereocenters. The number of aryl methyl sites for hydroxylation is 1. The van der Waals surface area contributed by atoms with Crippen molar-refractivity contribution in [3.05, 3.63) is 58.9 Å². The summed E-state index contributed by atoms with van der Waals surface area (Å²) in [5.74, 6) is 0.742. The number of ether oxygens (including phenoxy) is 1. The largest absolute Gasteiger partial charge is 0.496 e. The molecule has 120 valence electrons. The van der Waals surface area contributed by atoms with Gasteiger partial charge in [0.2, 0.25) is 0 Å². The van der Waals surface area contributed by atoms with Crippen molar-refractivity contribution < 1.29 is 13.9 Å². The topological polar surface area (TPSA) is 26.3 Å². The molecule has 3 heteroatoms. The summed E-state index contributed by atoms with van der Waals surface area (Å²) in [6.45, 7) is 6.20. The Bertz CT molecular complexity index is 728. The third-order valence-electron chi connectivity index (χ3n) is 3.84. The Kier molecular flexibility index (Phi) is 5.32. The Labute approximate surface area is 136 Å². The molecule has 0 aliphatic rings. The fourth-order valence-electron chi connectivity index (χ4n) is 2.80. The number of hydrogen-bond acceptors (Lipinski definition) is 2. The third kappa shape index (κ3) is 3.50. The van der Waals surface area contributed by atoms with E-state index >= 15 is 0 Å². The Hall–Kier alpha value is -2.42. The Morgan fingerprint density at radius 2 is 1.83 bits per heavy atom. The molecule has 2 aromatic carbocycles. The number of allylic oxidation sites excluding steroid dienone is 1. The molecule has 0 atom stereocenters. The van der Waals surface area contributed by atoms with E-state index in [2.05, 4.69) is 19.9 Å². The molecule has 0 radical (unpaired) electrons. The van der Waals surface area contributed by atoms with Gasteiger partial charge in [-0.25, -0.2) is 4.39 Å². The fourth-order valence-corrected chi connectivity index (χ4v) is 2.80. The first-order valence-electron chi connectivity index (χ1n) is 7.58. The van der Waals surface area contributed by atoms with Gasteiger partial charge in [0.15, 0.2) is 0 Å². The van der Waals surface area contributed by atoms with Crippen LogP contribution >= 0.6 is 0 Å². The van der Waals surface area contributed by atoms with E-state index in [0.717, 1.165) is 39.9 Å². The van der Waals surface area contributed by atoms with Crippen molar-refractivity contribution in [1.29, 1.82) is 0 Å². The van der Waals surface area contributed by atoms with E-state index in [1.807, 2.05) is 6.92 Å². The van der Waals surface area contributed by atoms with Gasteiger partial charge in [0.1, 0.15) is 17.9 Å². The molecule has 0 aromatic heterocycles. The molecular weight excluding hydrogens is 291 g/mol. The summed E-state index contributed by atoms with van der Waals surface area (Å²) in [4.78, 5) is 10.8. The van der Waals surface area contributed by atoms with Crippen molar-refractivity contribution in [2.45, 2.75) is 26.7 Å². The maximum atomic E-state index is 13.3. The number of benzene rings is 2. The lowest BCUT2D eigenvalue weighted by Gasteiger charge is -2.20. The van der Waals surface area contributed by atoms with Crippen LogP contribution in [0.2, 0.25) is 0 Å². The van der Waals surface area contributed by atoms with Gasteiger partial charge < -0.3 is 4.74 Å². The average Bonchev–Trinajstić information content (AvgIpc) is 2.53. The van der Waals surface area contributed by atoms with Crippen LogP contribution in [0.3, 0.4) is 0 Å². The molecule has 2 aromatic rings. The molecule has 0 saturated carbocycles. The van der Waals surface area contributed by atoms with Crippen molar-refractivity contribution in [1.82, 2.24) is 0 Å². The van der Waals surface area contributed by atoms with Crippen LogP contribution in [0.5, 0.6) is 5.75 Å². The van der Waals surface area contributed by atoms with E-state index in [1.54, 1.807) is 25.3 Å². The van der Waals surface area contributed by atoms with E-state index in [4.69, 9.17) is 4.74 Å². The number of hydrogen-bond donors (Lipinski definition) is 0. The summed E-state index contributed by atoms with van der Waals surface area (Å²) >= 11 is 0. The maximum absolute atomic E-state index is 13.3. The molecule has 0 heterocycles. The first-order chi connectivity index (χ1) is 11.0. The van der Waals surface area contributed by atoms with Gasteiger partial charge in [-0.15, -0.1) is 0 Å². The summed E-state index contributed by atoms with van der Waals surface area (Å²) in [6.07, 6.45) is 4.02. The van der Waals surface area contributed by atoms with Gasteiger partial charge in [-0.05, 0) is 53.3 Å². The fraction of sp³-hybridized carbons (Fsp3) is 0.250. The molecule has 0 spiro atoms. The molecule has 0 amide bonds. The zero-order valence-electron chi connectivity index (χ0n) is 13.9. The van der Waals surface area contributed by atoms with Gasteiger partial charge in [-0.2, -0.15) is 0 Å². The summed E-state index contributed by atoms with van der Waals surface area (Å²) in [5.41, 5.74) is 4.81. The van der Waals surface area contributed by atoms with Crippen LogP contribution in [-0.2, 0) is 4.79 Å². The minimum absolute atomic E-state index is 0.283. The van der Waals surface area contributed by atoms with Gasteiger partial charge in [-0.1, -0.05) is 38.1 Å². The molecule has 2 rings (SSSR count). The first-order valence-corrected chi connectivity index (χ1v) is 7.58. The molecular formula is C20H21FO2. The lowest BCUT2D eigenvalue weighted by atomic mass is 9.87. The maximum Gasteiger partial charge on any atom is 0.142 e. The number of rotatable bonds is 5. The van der Waals surface area contributed by atoms with Crippen molar-refractivity contribution in [3.8, 4) is 16.9 Å². The van der Waals surface area contributed by atoms with Crippen molar-refractivity contribution in [2.24, 2.45) is 0 Å². The van der Waals surface area contributed by atoms with E-state index < -0.39 is 0 Å². The molecule has 0 fully saturated rings. The van der Waals surface area contributed by atoms with Crippen LogP contribution in [-0.4, -0.2) is 13.4 Å².